The number of nitrogens with zero attached hydrogens (tertiary/aromatic N) is 1. The van der Waals surface area contributed by atoms with Crippen LogP contribution in [0.2, 0.25) is 0 Å². The molecule has 1 aliphatic carbocycles. The number of hydrogen-bond donors (Lipinski definition) is 4. The van der Waals surface area contributed by atoms with Crippen LogP contribution in [0.3, 0.4) is 0 Å². The highest BCUT2D eigenvalue weighted by atomic mass is 16.4. The second-order valence-electron chi connectivity index (χ2n) is 4.73. The van der Waals surface area contributed by atoms with Crippen molar-refractivity contribution in [2.75, 3.05) is 18.4 Å². The van der Waals surface area contributed by atoms with E-state index in [0.717, 1.165) is 30.5 Å². The second kappa shape index (κ2) is 6.21. The molecule has 5 N–H and O–H groups in total. The van der Waals surface area contributed by atoms with Crippen LogP contribution in [0.25, 0.3) is 0 Å². The van der Waals surface area contributed by atoms with Crippen molar-refractivity contribution >= 4 is 23.6 Å². The second-order valence-corrected chi connectivity index (χ2v) is 4.73. The van der Waals surface area contributed by atoms with E-state index in [2.05, 4.69) is 15.6 Å². The maximum absolute atomic E-state index is 11.5. The van der Waals surface area contributed by atoms with Crippen molar-refractivity contribution < 1.29 is 19.5 Å². The van der Waals surface area contributed by atoms with Gasteiger partial charge in [-0.25, -0.2) is 4.98 Å². The molecule has 0 atom stereocenters. The van der Waals surface area contributed by atoms with E-state index >= 15 is 0 Å². The van der Waals surface area contributed by atoms with Gasteiger partial charge in [-0.15, -0.1) is 0 Å². The normalized spacial score (nSPS) is 12.6. The summed E-state index contributed by atoms with van der Waals surface area (Å²) in [5, 5.41) is 13.4. The summed E-state index contributed by atoms with van der Waals surface area (Å²) in [5.41, 5.74) is 7.45. The molecule has 0 unspecified atom stereocenters. The number of fused-ring (bicyclic) bond motifs is 1. The molecule has 1 aliphatic rings. The van der Waals surface area contributed by atoms with Crippen LogP contribution in [0.15, 0.2) is 6.07 Å². The minimum atomic E-state index is -1.13. The lowest BCUT2D eigenvalue weighted by Gasteiger charge is -2.11. The molecule has 112 valence electrons. The lowest BCUT2D eigenvalue weighted by Crippen LogP contribution is -2.34. The summed E-state index contributed by atoms with van der Waals surface area (Å²) in [4.78, 5) is 37.6. The molecule has 1 aromatic rings. The number of carbonyl (C=O) groups is 3. The number of nitrogens with two attached hydrogens (primary N) is 1. The van der Waals surface area contributed by atoms with Gasteiger partial charge in [0.15, 0.2) is 0 Å². The van der Waals surface area contributed by atoms with Crippen LogP contribution < -0.4 is 16.4 Å². The van der Waals surface area contributed by atoms with E-state index in [1.54, 1.807) is 6.07 Å². The molecule has 0 spiro atoms. The van der Waals surface area contributed by atoms with Crippen molar-refractivity contribution in [1.82, 2.24) is 10.3 Å². The summed E-state index contributed by atoms with van der Waals surface area (Å²) in [5.74, 6) is -1.99. The quantitative estimate of drug-likeness (QED) is 0.546. The Hall–Kier alpha value is -2.64. The van der Waals surface area contributed by atoms with Crippen molar-refractivity contribution in [3.8, 4) is 0 Å². The molecule has 0 saturated heterocycles. The van der Waals surface area contributed by atoms with Crippen LogP contribution in [0.4, 0.5) is 5.82 Å². The van der Waals surface area contributed by atoms with E-state index in [1.165, 1.54) is 0 Å². The fraction of sp³-hybridized carbons (Fsp3) is 0.385. The summed E-state index contributed by atoms with van der Waals surface area (Å²) >= 11 is 0. The molecule has 8 heteroatoms. The Kier molecular flexibility index (Phi) is 4.36. The van der Waals surface area contributed by atoms with E-state index in [-0.39, 0.29) is 17.9 Å². The molecule has 0 saturated carbocycles. The number of anilines is 1. The molecule has 2 rings (SSSR count). The first-order valence-corrected chi connectivity index (χ1v) is 6.52. The van der Waals surface area contributed by atoms with Gasteiger partial charge in [-0.3, -0.25) is 14.4 Å². The molecular weight excluding hydrogens is 276 g/mol. The monoisotopic (exact) mass is 292 g/mol. The topological polar surface area (TPSA) is 134 Å². The Morgan fingerprint density at radius 2 is 2.05 bits per heavy atom. The molecule has 0 fully saturated rings. The average molecular weight is 292 g/mol. The Bertz CT molecular complexity index is 600. The minimum Gasteiger partial charge on any atom is -0.480 e. The number of carboxylic acids is 1. The maximum Gasteiger partial charge on any atom is 0.322 e. The number of nitrogens with one attached hydrogen (secondary N) is 2. The predicted molar refractivity (Wildman–Crippen MR) is 73.9 cm³/mol. The standard InChI is InChI=1S/C13H16N4O4/c14-12(21)8-4-7-2-1-3-9(7)17-13(8)16-5-10(18)15-6-11(19)20/h4H,1-3,5-6H2,(H2,14,21)(H,15,18)(H,16,17)(H,19,20). The van der Waals surface area contributed by atoms with Crippen LogP contribution in [-0.4, -0.2) is 41.0 Å². The highest BCUT2D eigenvalue weighted by molar-refractivity contribution is 5.98. The van der Waals surface area contributed by atoms with Gasteiger partial charge in [0, 0.05) is 5.69 Å². The molecule has 2 amide bonds. The van der Waals surface area contributed by atoms with Crippen molar-refractivity contribution in [2.24, 2.45) is 5.73 Å². The SMILES string of the molecule is NC(=O)c1cc2c(nc1NCC(=O)NCC(=O)O)CCC2. The van der Waals surface area contributed by atoms with E-state index in [4.69, 9.17) is 10.8 Å². The zero-order valence-electron chi connectivity index (χ0n) is 11.3. The summed E-state index contributed by atoms with van der Waals surface area (Å²) in [7, 11) is 0. The summed E-state index contributed by atoms with van der Waals surface area (Å²) < 4.78 is 0. The van der Waals surface area contributed by atoms with Crippen molar-refractivity contribution in [1.29, 1.82) is 0 Å². The number of carboxylic acid groups (broad SMARTS) is 1. The molecule has 0 bridgehead atoms. The van der Waals surface area contributed by atoms with Gasteiger partial charge in [0.1, 0.15) is 12.4 Å². The number of amides is 2. The Morgan fingerprint density at radius 3 is 2.71 bits per heavy atom. The molecule has 21 heavy (non-hydrogen) atoms. The third-order valence-corrected chi connectivity index (χ3v) is 3.17. The van der Waals surface area contributed by atoms with E-state index in [1.807, 2.05) is 0 Å². The summed E-state index contributed by atoms with van der Waals surface area (Å²) in [6.07, 6.45) is 2.67. The Labute approximate surface area is 120 Å². The number of aliphatic carboxylic acids is 1. The maximum atomic E-state index is 11.5. The third kappa shape index (κ3) is 3.68. The fourth-order valence-electron chi connectivity index (χ4n) is 2.20. The Morgan fingerprint density at radius 1 is 1.29 bits per heavy atom. The Balaban J connectivity index is 2.07. The molecule has 0 radical (unpaired) electrons. The lowest BCUT2D eigenvalue weighted by atomic mass is 10.1. The lowest BCUT2D eigenvalue weighted by molar-refractivity contribution is -0.137. The smallest absolute Gasteiger partial charge is 0.322 e. The summed E-state index contributed by atoms with van der Waals surface area (Å²) in [6, 6.07) is 1.70. The van der Waals surface area contributed by atoms with Crippen LogP contribution in [0, 0.1) is 0 Å². The van der Waals surface area contributed by atoms with Gasteiger partial charge in [0.2, 0.25) is 5.91 Å². The van der Waals surface area contributed by atoms with Gasteiger partial charge in [0.25, 0.3) is 5.91 Å². The summed E-state index contributed by atoms with van der Waals surface area (Å²) in [6.45, 7) is -0.639. The minimum absolute atomic E-state index is 0.181. The predicted octanol–water partition coefficient (Wildman–Crippen LogP) is -0.718. The highest BCUT2D eigenvalue weighted by Crippen LogP contribution is 2.24. The van der Waals surface area contributed by atoms with Gasteiger partial charge >= 0.3 is 5.97 Å². The zero-order valence-corrected chi connectivity index (χ0v) is 11.3. The number of pyridine rings is 1. The van der Waals surface area contributed by atoms with Crippen molar-refractivity contribution in [3.05, 3.63) is 22.9 Å². The molecule has 1 aromatic heterocycles. The largest absolute Gasteiger partial charge is 0.480 e. The van der Waals surface area contributed by atoms with Crippen LogP contribution in [-0.2, 0) is 22.4 Å². The average Bonchev–Trinajstić information content (AvgIpc) is 2.88. The third-order valence-electron chi connectivity index (χ3n) is 3.17. The molecule has 0 aliphatic heterocycles. The van der Waals surface area contributed by atoms with Gasteiger partial charge < -0.3 is 21.5 Å². The van der Waals surface area contributed by atoms with Crippen LogP contribution in [0.5, 0.6) is 0 Å². The fourth-order valence-corrected chi connectivity index (χ4v) is 2.20. The number of hydrogen-bond acceptors (Lipinski definition) is 5. The first-order chi connectivity index (χ1) is 9.97. The van der Waals surface area contributed by atoms with Crippen LogP contribution >= 0.6 is 0 Å². The van der Waals surface area contributed by atoms with E-state index in [9.17, 15) is 14.4 Å². The molecule has 1 heterocycles. The van der Waals surface area contributed by atoms with Gasteiger partial charge in [-0.1, -0.05) is 0 Å². The van der Waals surface area contributed by atoms with Gasteiger partial charge in [-0.05, 0) is 30.9 Å². The van der Waals surface area contributed by atoms with Crippen molar-refractivity contribution in [2.45, 2.75) is 19.3 Å². The van der Waals surface area contributed by atoms with Gasteiger partial charge in [0.05, 0.1) is 12.1 Å². The van der Waals surface area contributed by atoms with Crippen molar-refractivity contribution in [3.63, 3.8) is 0 Å². The number of carbonyl (C=O) groups excluding carboxylic acids is 2. The molecular formula is C13H16N4O4. The number of aromatic nitrogens is 1. The first kappa shape index (κ1) is 14.8. The first-order valence-electron chi connectivity index (χ1n) is 6.52. The number of primary amides is 1. The number of aryl methyl sites for hydroxylation is 2. The highest BCUT2D eigenvalue weighted by Gasteiger charge is 2.19. The number of rotatable bonds is 6. The van der Waals surface area contributed by atoms with E-state index in [0.29, 0.717) is 0 Å². The zero-order chi connectivity index (χ0) is 15.4. The van der Waals surface area contributed by atoms with Gasteiger partial charge in [-0.2, -0.15) is 0 Å². The molecule has 0 aromatic carbocycles. The molecule has 8 nitrogen and oxygen atoms in total. The van der Waals surface area contributed by atoms with Crippen LogP contribution in [0.1, 0.15) is 28.0 Å². The van der Waals surface area contributed by atoms with E-state index < -0.39 is 24.3 Å².